The number of ether oxygens (including phenoxy) is 1. The Morgan fingerprint density at radius 2 is 1.67 bits per heavy atom. The Hall–Kier alpha value is -2.47. The monoisotopic (exact) mass is 508 g/mol. The van der Waals surface area contributed by atoms with Gasteiger partial charge < -0.3 is 14.9 Å². The average molecular weight is 509 g/mol. The first-order chi connectivity index (χ1) is 16.0. The van der Waals surface area contributed by atoms with Gasteiger partial charge in [0.15, 0.2) is 11.4 Å². The summed E-state index contributed by atoms with van der Waals surface area (Å²) in [4.78, 5) is 13.8. The molecule has 1 aliphatic carbocycles. The third kappa shape index (κ3) is 5.21. The van der Waals surface area contributed by atoms with Crippen LogP contribution in [-0.2, 0) is 23.6 Å². The van der Waals surface area contributed by atoms with Gasteiger partial charge in [0.1, 0.15) is 12.4 Å². The lowest BCUT2D eigenvalue weighted by Crippen LogP contribution is -2.42. The maximum Gasteiger partial charge on any atom is 0.176 e. The van der Waals surface area contributed by atoms with Gasteiger partial charge in [-0.3, -0.25) is 4.79 Å². The first-order valence-corrected chi connectivity index (χ1v) is 12.3. The Labute approximate surface area is 203 Å². The van der Waals surface area contributed by atoms with Crippen LogP contribution in [0.15, 0.2) is 77.3 Å². The maximum absolute atomic E-state index is 13.8. The van der Waals surface area contributed by atoms with Gasteiger partial charge in [-0.2, -0.15) is 0 Å². The number of aliphatic hydroxyl groups excluding tert-OH is 1. The quantitative estimate of drug-likeness (QED) is 0.397. The molecule has 2 N–H and O–H groups in total. The molecule has 1 aliphatic rings. The van der Waals surface area contributed by atoms with Gasteiger partial charge in [0, 0.05) is 16.0 Å². The summed E-state index contributed by atoms with van der Waals surface area (Å²) in [6, 6.07) is 22.2. The van der Waals surface area contributed by atoms with E-state index in [0.717, 1.165) is 42.1 Å². The molecular weight excluding hydrogens is 480 g/mol. The zero-order chi connectivity index (χ0) is 23.3. The molecule has 0 amide bonds. The molecule has 3 aromatic rings. The SMILES string of the molecule is O=C(C1CCCCC1)C(O)(c1ccc(Br)cc1)c1ccc(OCc2ccccc2)cc1CO. The average Bonchev–Trinajstić information content (AvgIpc) is 2.88. The number of hydrogen-bond donors (Lipinski definition) is 2. The van der Waals surface area contributed by atoms with Crippen LogP contribution < -0.4 is 4.74 Å². The van der Waals surface area contributed by atoms with Crippen molar-refractivity contribution in [1.29, 1.82) is 0 Å². The van der Waals surface area contributed by atoms with Crippen LogP contribution in [0.25, 0.3) is 0 Å². The minimum atomic E-state index is -1.83. The van der Waals surface area contributed by atoms with Crippen molar-refractivity contribution >= 4 is 21.7 Å². The molecule has 0 aliphatic heterocycles. The third-order valence-electron chi connectivity index (χ3n) is 6.48. The fourth-order valence-electron chi connectivity index (χ4n) is 4.67. The molecule has 33 heavy (non-hydrogen) atoms. The fraction of sp³-hybridized carbons (Fsp3) is 0.321. The van der Waals surface area contributed by atoms with Crippen LogP contribution in [0, 0.1) is 5.92 Å². The summed E-state index contributed by atoms with van der Waals surface area (Å²) < 4.78 is 6.78. The molecule has 1 atom stereocenters. The second-order valence-electron chi connectivity index (χ2n) is 8.67. The van der Waals surface area contributed by atoms with Crippen LogP contribution >= 0.6 is 15.9 Å². The predicted octanol–water partition coefficient (Wildman–Crippen LogP) is 5.91. The van der Waals surface area contributed by atoms with E-state index in [-0.39, 0.29) is 18.3 Å². The number of hydrogen-bond acceptors (Lipinski definition) is 4. The van der Waals surface area contributed by atoms with Crippen molar-refractivity contribution in [2.75, 3.05) is 0 Å². The number of aliphatic hydroxyl groups is 2. The van der Waals surface area contributed by atoms with Crippen molar-refractivity contribution in [2.45, 2.75) is 50.9 Å². The van der Waals surface area contributed by atoms with E-state index >= 15 is 0 Å². The van der Waals surface area contributed by atoms with Gasteiger partial charge in [0.2, 0.25) is 0 Å². The second-order valence-corrected chi connectivity index (χ2v) is 9.58. The highest BCUT2D eigenvalue weighted by atomic mass is 79.9. The Morgan fingerprint density at radius 3 is 2.33 bits per heavy atom. The number of Topliss-reactive ketones (excluding diaryl/α,β-unsaturated/α-hetero) is 1. The zero-order valence-corrected chi connectivity index (χ0v) is 20.1. The fourth-order valence-corrected chi connectivity index (χ4v) is 4.93. The Bertz CT molecular complexity index is 1070. The van der Waals surface area contributed by atoms with Crippen molar-refractivity contribution in [1.82, 2.24) is 0 Å². The van der Waals surface area contributed by atoms with Crippen LogP contribution in [0.1, 0.15) is 54.4 Å². The van der Waals surface area contributed by atoms with E-state index in [2.05, 4.69) is 15.9 Å². The summed E-state index contributed by atoms with van der Waals surface area (Å²) in [7, 11) is 0. The summed E-state index contributed by atoms with van der Waals surface area (Å²) in [6.45, 7) is 0.0810. The van der Waals surface area contributed by atoms with Crippen molar-refractivity contribution in [3.8, 4) is 5.75 Å². The molecule has 172 valence electrons. The standard InChI is InChI=1S/C28H29BrO4/c29-24-13-11-23(12-14-24)28(32,27(31)21-9-5-2-6-10-21)26-16-15-25(17-22(26)18-30)33-19-20-7-3-1-4-8-20/h1,3-4,7-8,11-17,21,30,32H,2,5-6,9-10,18-19H2. The predicted molar refractivity (Wildman–Crippen MR) is 132 cm³/mol. The van der Waals surface area contributed by atoms with Gasteiger partial charge >= 0.3 is 0 Å². The van der Waals surface area contributed by atoms with E-state index in [1.54, 1.807) is 30.3 Å². The Morgan fingerprint density at radius 1 is 0.970 bits per heavy atom. The van der Waals surface area contributed by atoms with Crippen molar-refractivity contribution < 1.29 is 19.7 Å². The van der Waals surface area contributed by atoms with Gasteiger partial charge in [-0.05, 0) is 53.8 Å². The van der Waals surface area contributed by atoms with Crippen LogP contribution in [0.4, 0.5) is 0 Å². The van der Waals surface area contributed by atoms with Crippen molar-refractivity contribution in [2.24, 2.45) is 5.92 Å². The van der Waals surface area contributed by atoms with Crippen LogP contribution in [-0.4, -0.2) is 16.0 Å². The van der Waals surface area contributed by atoms with E-state index in [4.69, 9.17) is 4.74 Å². The molecule has 1 saturated carbocycles. The zero-order valence-electron chi connectivity index (χ0n) is 18.5. The molecule has 5 heteroatoms. The topological polar surface area (TPSA) is 66.8 Å². The molecule has 1 fully saturated rings. The Balaban J connectivity index is 1.71. The van der Waals surface area contributed by atoms with Crippen molar-refractivity contribution in [3.05, 3.63) is 99.5 Å². The number of carbonyl (C=O) groups is 1. The van der Waals surface area contributed by atoms with E-state index < -0.39 is 5.60 Å². The summed E-state index contributed by atoms with van der Waals surface area (Å²) in [5.41, 5.74) is 0.601. The first kappa shape index (κ1) is 23.7. The van der Waals surface area contributed by atoms with Gasteiger partial charge in [0.05, 0.1) is 6.61 Å². The lowest BCUT2D eigenvalue weighted by Gasteiger charge is -2.34. The van der Waals surface area contributed by atoms with Gasteiger partial charge in [-0.1, -0.05) is 83.7 Å². The van der Waals surface area contributed by atoms with Crippen LogP contribution in [0.5, 0.6) is 5.75 Å². The summed E-state index contributed by atoms with van der Waals surface area (Å²) in [5, 5.41) is 22.2. The summed E-state index contributed by atoms with van der Waals surface area (Å²) in [5.74, 6) is 0.181. The molecular formula is C28H29BrO4. The molecule has 4 rings (SSSR count). The van der Waals surface area contributed by atoms with Gasteiger partial charge in [0.25, 0.3) is 0 Å². The highest BCUT2D eigenvalue weighted by Gasteiger charge is 2.44. The summed E-state index contributed by atoms with van der Waals surface area (Å²) in [6.07, 6.45) is 4.67. The molecule has 0 radical (unpaired) electrons. The van der Waals surface area contributed by atoms with E-state index in [1.807, 2.05) is 42.5 Å². The van der Waals surface area contributed by atoms with Crippen LogP contribution in [0.3, 0.4) is 0 Å². The van der Waals surface area contributed by atoms with E-state index in [0.29, 0.717) is 29.0 Å². The van der Waals surface area contributed by atoms with Gasteiger partial charge in [-0.25, -0.2) is 0 Å². The summed E-state index contributed by atoms with van der Waals surface area (Å²) >= 11 is 3.43. The number of benzene rings is 3. The lowest BCUT2D eigenvalue weighted by atomic mass is 9.72. The lowest BCUT2D eigenvalue weighted by molar-refractivity contribution is -0.139. The number of ketones is 1. The highest BCUT2D eigenvalue weighted by Crippen LogP contribution is 2.40. The number of carbonyl (C=O) groups excluding carboxylic acids is 1. The molecule has 4 nitrogen and oxygen atoms in total. The molecule has 0 bridgehead atoms. The largest absolute Gasteiger partial charge is 0.489 e. The van der Waals surface area contributed by atoms with Crippen LogP contribution in [0.2, 0.25) is 0 Å². The van der Waals surface area contributed by atoms with E-state index in [1.165, 1.54) is 0 Å². The number of halogens is 1. The van der Waals surface area contributed by atoms with Gasteiger partial charge in [-0.15, -0.1) is 0 Å². The molecule has 0 heterocycles. The Kier molecular flexibility index (Phi) is 7.63. The minimum absolute atomic E-state index is 0.197. The second kappa shape index (κ2) is 10.6. The molecule has 0 spiro atoms. The smallest absolute Gasteiger partial charge is 0.176 e. The normalized spacial score (nSPS) is 16.2. The molecule has 1 unspecified atom stereocenters. The number of rotatable bonds is 8. The molecule has 3 aromatic carbocycles. The molecule has 0 saturated heterocycles. The maximum atomic E-state index is 13.8. The third-order valence-corrected chi connectivity index (χ3v) is 7.01. The minimum Gasteiger partial charge on any atom is -0.489 e. The molecule has 0 aromatic heterocycles. The highest BCUT2D eigenvalue weighted by molar-refractivity contribution is 9.10. The first-order valence-electron chi connectivity index (χ1n) is 11.5. The van der Waals surface area contributed by atoms with Crippen molar-refractivity contribution in [3.63, 3.8) is 0 Å². The van der Waals surface area contributed by atoms with E-state index in [9.17, 15) is 15.0 Å².